The molecule has 0 saturated carbocycles. The van der Waals surface area contributed by atoms with Crippen LogP contribution in [0.15, 0.2) is 6.33 Å². The van der Waals surface area contributed by atoms with E-state index in [-0.39, 0.29) is 17.1 Å². The van der Waals surface area contributed by atoms with Gasteiger partial charge in [0.2, 0.25) is 5.82 Å². The Labute approximate surface area is 110 Å². The second kappa shape index (κ2) is 4.79. The number of carbonyl (C=O) groups excluding carboxylic acids is 1. The first kappa shape index (κ1) is 13.2. The van der Waals surface area contributed by atoms with Gasteiger partial charge >= 0.3 is 0 Å². The third kappa shape index (κ3) is 2.95. The molecule has 19 heavy (non-hydrogen) atoms. The number of nitrogens with zero attached hydrogens (tertiary/aromatic N) is 5. The van der Waals surface area contributed by atoms with Crippen LogP contribution in [0.2, 0.25) is 0 Å². The monoisotopic (exact) mass is 263 g/mol. The van der Waals surface area contributed by atoms with E-state index in [9.17, 15) is 4.79 Å². The van der Waals surface area contributed by atoms with Gasteiger partial charge in [-0.15, -0.1) is 5.10 Å². The summed E-state index contributed by atoms with van der Waals surface area (Å²) in [6.07, 6.45) is 1.40. The van der Waals surface area contributed by atoms with Crippen LogP contribution >= 0.6 is 0 Å². The van der Waals surface area contributed by atoms with E-state index in [1.807, 2.05) is 20.8 Å². The molecule has 8 nitrogen and oxygen atoms in total. The van der Waals surface area contributed by atoms with Crippen molar-refractivity contribution in [2.24, 2.45) is 0 Å². The van der Waals surface area contributed by atoms with Gasteiger partial charge in [0.05, 0.1) is 6.54 Å². The molecule has 0 unspecified atom stereocenters. The average Bonchev–Trinajstić information content (AvgIpc) is 2.97. The van der Waals surface area contributed by atoms with E-state index in [0.29, 0.717) is 18.2 Å². The van der Waals surface area contributed by atoms with Crippen LogP contribution in [-0.4, -0.2) is 48.2 Å². The molecule has 0 atom stereocenters. The summed E-state index contributed by atoms with van der Waals surface area (Å²) < 4.78 is 0. The number of nitrogens with one attached hydrogen (secondary N) is 2. The first-order valence-electron chi connectivity index (χ1n) is 5.90. The molecule has 0 aliphatic carbocycles. The van der Waals surface area contributed by atoms with Crippen molar-refractivity contribution in [3.8, 4) is 0 Å². The topological polar surface area (TPSA) is 103 Å². The second-order valence-corrected chi connectivity index (χ2v) is 5.35. The minimum Gasteiger partial charge on any atom is -0.331 e. The van der Waals surface area contributed by atoms with Gasteiger partial charge in [-0.25, -0.2) is 9.97 Å². The molecule has 0 fully saturated rings. The molecule has 2 aromatic heterocycles. The normalized spacial score (nSPS) is 11.6. The van der Waals surface area contributed by atoms with E-state index in [1.54, 1.807) is 7.05 Å². The lowest BCUT2D eigenvalue weighted by molar-refractivity contribution is 0.0770. The third-order valence-corrected chi connectivity index (χ3v) is 2.59. The highest BCUT2D eigenvalue weighted by Crippen LogP contribution is 2.17. The fourth-order valence-corrected chi connectivity index (χ4v) is 1.47. The van der Waals surface area contributed by atoms with E-state index in [0.717, 1.165) is 0 Å². The SMILES string of the molecule is CN(Cc1ncn[nH]1)C(=O)c1n[nH]c(C(C)(C)C)n1. The van der Waals surface area contributed by atoms with Crippen LogP contribution in [0.25, 0.3) is 0 Å². The Morgan fingerprint density at radius 1 is 1.37 bits per heavy atom. The van der Waals surface area contributed by atoms with Gasteiger partial charge in [-0.3, -0.25) is 15.0 Å². The van der Waals surface area contributed by atoms with Crippen molar-refractivity contribution < 1.29 is 4.79 Å². The zero-order chi connectivity index (χ0) is 14.0. The predicted octanol–water partition coefficient (Wildman–Crippen LogP) is 0.492. The van der Waals surface area contributed by atoms with Crippen molar-refractivity contribution in [2.75, 3.05) is 7.05 Å². The lowest BCUT2D eigenvalue weighted by Gasteiger charge is -2.14. The van der Waals surface area contributed by atoms with Gasteiger partial charge in [0.25, 0.3) is 5.91 Å². The Hall–Kier alpha value is -2.25. The maximum absolute atomic E-state index is 12.1. The van der Waals surface area contributed by atoms with Crippen LogP contribution in [0.1, 0.15) is 43.0 Å². The molecule has 2 N–H and O–H groups in total. The molecule has 8 heteroatoms. The van der Waals surface area contributed by atoms with Crippen LogP contribution < -0.4 is 0 Å². The van der Waals surface area contributed by atoms with Gasteiger partial charge < -0.3 is 4.90 Å². The fourth-order valence-electron chi connectivity index (χ4n) is 1.47. The Kier molecular flexibility index (Phi) is 3.32. The summed E-state index contributed by atoms with van der Waals surface area (Å²) in [5.41, 5.74) is -0.172. The number of aromatic amines is 2. The number of H-pyrrole nitrogens is 2. The van der Waals surface area contributed by atoms with Crippen molar-refractivity contribution in [1.82, 2.24) is 35.3 Å². The van der Waals surface area contributed by atoms with Gasteiger partial charge in [-0.2, -0.15) is 5.10 Å². The summed E-state index contributed by atoms with van der Waals surface area (Å²) in [4.78, 5) is 21.8. The highest BCUT2D eigenvalue weighted by molar-refractivity contribution is 5.90. The Bertz CT molecular complexity index is 552. The summed E-state index contributed by atoms with van der Waals surface area (Å²) in [5.74, 6) is 1.20. The van der Waals surface area contributed by atoms with Crippen LogP contribution in [-0.2, 0) is 12.0 Å². The molecule has 1 amide bonds. The molecular weight excluding hydrogens is 246 g/mol. The Morgan fingerprint density at radius 2 is 2.11 bits per heavy atom. The maximum atomic E-state index is 12.1. The van der Waals surface area contributed by atoms with Crippen LogP contribution in [0.4, 0.5) is 0 Å². The van der Waals surface area contributed by atoms with E-state index in [2.05, 4.69) is 30.4 Å². The highest BCUT2D eigenvalue weighted by Gasteiger charge is 2.23. The second-order valence-electron chi connectivity index (χ2n) is 5.35. The van der Waals surface area contributed by atoms with Crippen LogP contribution in [0, 0.1) is 0 Å². The van der Waals surface area contributed by atoms with Gasteiger partial charge in [-0.1, -0.05) is 20.8 Å². The van der Waals surface area contributed by atoms with E-state index in [4.69, 9.17) is 0 Å². The summed E-state index contributed by atoms with van der Waals surface area (Å²) in [5, 5.41) is 13.2. The average molecular weight is 263 g/mol. The van der Waals surface area contributed by atoms with Crippen molar-refractivity contribution in [3.05, 3.63) is 23.8 Å². The Balaban J connectivity index is 2.09. The highest BCUT2D eigenvalue weighted by atomic mass is 16.2. The molecule has 0 aromatic carbocycles. The van der Waals surface area contributed by atoms with Gasteiger partial charge in [0.15, 0.2) is 0 Å². The fraction of sp³-hybridized carbons (Fsp3) is 0.545. The van der Waals surface area contributed by atoms with Crippen LogP contribution in [0.5, 0.6) is 0 Å². The first-order valence-corrected chi connectivity index (χ1v) is 5.90. The van der Waals surface area contributed by atoms with Crippen molar-refractivity contribution in [3.63, 3.8) is 0 Å². The number of hydrogen-bond acceptors (Lipinski definition) is 5. The molecule has 0 bridgehead atoms. The van der Waals surface area contributed by atoms with Gasteiger partial charge in [-0.05, 0) is 0 Å². The number of hydrogen-bond donors (Lipinski definition) is 2. The minimum absolute atomic E-state index is 0.159. The van der Waals surface area contributed by atoms with Crippen molar-refractivity contribution in [1.29, 1.82) is 0 Å². The van der Waals surface area contributed by atoms with E-state index in [1.165, 1.54) is 11.2 Å². The van der Waals surface area contributed by atoms with E-state index < -0.39 is 0 Å². The molecule has 0 aliphatic heterocycles. The molecule has 0 radical (unpaired) electrons. The smallest absolute Gasteiger partial charge is 0.293 e. The van der Waals surface area contributed by atoms with E-state index >= 15 is 0 Å². The Morgan fingerprint density at radius 3 is 2.63 bits per heavy atom. The number of carbonyl (C=O) groups is 1. The number of aromatic nitrogens is 6. The standard InChI is InChI=1S/C11H17N7O/c1-11(2,3)10-14-8(16-17-10)9(19)18(4)5-7-12-6-13-15-7/h6H,5H2,1-4H3,(H,12,13,15)(H,14,16,17). The summed E-state index contributed by atoms with van der Waals surface area (Å²) in [7, 11) is 1.66. The van der Waals surface area contributed by atoms with Gasteiger partial charge in [0.1, 0.15) is 18.0 Å². The third-order valence-electron chi connectivity index (χ3n) is 2.59. The van der Waals surface area contributed by atoms with Gasteiger partial charge in [0, 0.05) is 12.5 Å². The summed E-state index contributed by atoms with van der Waals surface area (Å²) in [6.45, 7) is 6.33. The molecule has 0 spiro atoms. The zero-order valence-electron chi connectivity index (χ0n) is 11.4. The molecular formula is C11H17N7O. The van der Waals surface area contributed by atoms with Crippen LogP contribution in [0.3, 0.4) is 0 Å². The quantitative estimate of drug-likeness (QED) is 0.838. The minimum atomic E-state index is -0.261. The molecule has 102 valence electrons. The maximum Gasteiger partial charge on any atom is 0.293 e. The summed E-state index contributed by atoms with van der Waals surface area (Å²) in [6, 6.07) is 0. The number of rotatable bonds is 3. The van der Waals surface area contributed by atoms with Crippen molar-refractivity contribution >= 4 is 5.91 Å². The molecule has 2 aromatic rings. The number of amides is 1. The first-order chi connectivity index (χ1) is 8.88. The predicted molar refractivity (Wildman–Crippen MR) is 67.3 cm³/mol. The van der Waals surface area contributed by atoms with Crippen molar-refractivity contribution in [2.45, 2.75) is 32.7 Å². The molecule has 2 heterocycles. The molecule has 2 rings (SSSR count). The lowest BCUT2D eigenvalue weighted by Crippen LogP contribution is -2.28. The molecule has 0 aliphatic rings. The largest absolute Gasteiger partial charge is 0.331 e. The summed E-state index contributed by atoms with van der Waals surface area (Å²) >= 11 is 0. The lowest BCUT2D eigenvalue weighted by atomic mass is 9.96. The molecule has 0 saturated heterocycles. The zero-order valence-corrected chi connectivity index (χ0v) is 11.4.